The number of furan rings is 1. The van der Waals surface area contributed by atoms with E-state index < -0.39 is 23.6 Å². The molecule has 8 heteroatoms. The van der Waals surface area contributed by atoms with Gasteiger partial charge in [0.2, 0.25) is 11.8 Å². The lowest BCUT2D eigenvalue weighted by Gasteiger charge is -2.19. The molecule has 0 spiro atoms. The number of halogens is 3. The van der Waals surface area contributed by atoms with Crippen LogP contribution in [0.4, 0.5) is 18.9 Å². The second-order valence-electron chi connectivity index (χ2n) is 5.29. The molecule has 0 radical (unpaired) electrons. The number of nitrogens with zero attached hydrogens (tertiary/aromatic N) is 1. The fraction of sp³-hybridized carbons (Fsp3) is 0.222. The lowest BCUT2D eigenvalue weighted by Crippen LogP contribution is -2.37. The monoisotopic (exact) mass is 366 g/mol. The molecule has 0 bridgehead atoms. The van der Waals surface area contributed by atoms with Crippen molar-refractivity contribution in [2.24, 2.45) is 0 Å². The second-order valence-corrected chi connectivity index (χ2v) is 5.29. The first kappa shape index (κ1) is 19.3. The summed E-state index contributed by atoms with van der Waals surface area (Å²) in [6.45, 7) is 1.51. The number of alkyl halides is 3. The molecular formula is C18H17F3N2O3. The summed E-state index contributed by atoms with van der Waals surface area (Å²) < 4.78 is 43.9. The third kappa shape index (κ3) is 5.23. The number of amides is 2. The van der Waals surface area contributed by atoms with Crippen LogP contribution < -0.4 is 5.32 Å². The Labute approximate surface area is 148 Å². The smallest absolute Gasteiger partial charge is 0.418 e. The number of likely N-dealkylation sites (N-methyl/N-ethyl adjacent to an activating group) is 1. The number of hydrogen-bond acceptors (Lipinski definition) is 3. The summed E-state index contributed by atoms with van der Waals surface area (Å²) in [4.78, 5) is 25.4. The van der Waals surface area contributed by atoms with Crippen molar-refractivity contribution in [1.29, 1.82) is 0 Å². The van der Waals surface area contributed by atoms with Gasteiger partial charge in [-0.05, 0) is 37.3 Å². The molecule has 0 fully saturated rings. The van der Waals surface area contributed by atoms with E-state index in [4.69, 9.17) is 4.42 Å². The zero-order valence-corrected chi connectivity index (χ0v) is 13.9. The first-order valence-corrected chi connectivity index (χ1v) is 7.78. The van der Waals surface area contributed by atoms with Gasteiger partial charge < -0.3 is 14.6 Å². The standard InChI is InChI=1S/C18H17F3N2O3/c1-2-23(17(25)10-9-13-6-5-11-26-13)12-16(24)22-15-8-4-3-7-14(15)18(19,20)21/h3-11H,2,12H2,1H3,(H,22,24)/b10-9+. The maximum atomic E-state index is 13.0. The van der Waals surface area contributed by atoms with Gasteiger partial charge in [0.1, 0.15) is 12.3 Å². The van der Waals surface area contributed by atoms with Gasteiger partial charge in [-0.1, -0.05) is 12.1 Å². The molecule has 2 amide bonds. The molecule has 0 saturated heterocycles. The predicted octanol–water partition coefficient (Wildman–Crippen LogP) is 3.80. The van der Waals surface area contributed by atoms with Crippen LogP contribution in [0.25, 0.3) is 6.08 Å². The quantitative estimate of drug-likeness (QED) is 0.791. The number of benzene rings is 1. The minimum absolute atomic E-state index is 0.218. The number of nitrogens with one attached hydrogen (secondary N) is 1. The molecule has 2 aromatic rings. The highest BCUT2D eigenvalue weighted by Crippen LogP contribution is 2.34. The topological polar surface area (TPSA) is 62.6 Å². The van der Waals surface area contributed by atoms with Crippen LogP contribution in [0.5, 0.6) is 0 Å². The zero-order valence-electron chi connectivity index (χ0n) is 13.9. The van der Waals surface area contributed by atoms with Crippen LogP contribution in [-0.4, -0.2) is 29.8 Å². The van der Waals surface area contributed by atoms with Crippen molar-refractivity contribution in [1.82, 2.24) is 4.90 Å². The van der Waals surface area contributed by atoms with E-state index in [1.54, 1.807) is 19.1 Å². The van der Waals surface area contributed by atoms with Gasteiger partial charge in [0.05, 0.1) is 17.5 Å². The SMILES string of the molecule is CCN(CC(=O)Nc1ccccc1C(F)(F)F)C(=O)/C=C/c1ccco1. The van der Waals surface area contributed by atoms with Crippen molar-refractivity contribution in [3.05, 3.63) is 60.1 Å². The normalized spacial score (nSPS) is 11.5. The summed E-state index contributed by atoms with van der Waals surface area (Å²) in [5, 5.41) is 2.21. The lowest BCUT2D eigenvalue weighted by atomic mass is 10.1. The molecule has 0 aliphatic rings. The molecule has 26 heavy (non-hydrogen) atoms. The highest BCUT2D eigenvalue weighted by Gasteiger charge is 2.33. The molecule has 0 aliphatic carbocycles. The van der Waals surface area contributed by atoms with Gasteiger partial charge in [0.25, 0.3) is 0 Å². The maximum Gasteiger partial charge on any atom is 0.418 e. The zero-order chi connectivity index (χ0) is 19.2. The van der Waals surface area contributed by atoms with E-state index in [-0.39, 0.29) is 18.8 Å². The Morgan fingerprint density at radius 1 is 1.19 bits per heavy atom. The van der Waals surface area contributed by atoms with Gasteiger partial charge >= 0.3 is 6.18 Å². The van der Waals surface area contributed by atoms with Crippen molar-refractivity contribution in [3.8, 4) is 0 Å². The summed E-state index contributed by atoms with van der Waals surface area (Å²) in [7, 11) is 0. The number of carbonyl (C=O) groups excluding carboxylic acids is 2. The number of hydrogen-bond donors (Lipinski definition) is 1. The van der Waals surface area contributed by atoms with Crippen LogP contribution in [0.15, 0.2) is 53.2 Å². The molecule has 0 aliphatic heterocycles. The molecule has 138 valence electrons. The fourth-order valence-electron chi connectivity index (χ4n) is 2.19. The van der Waals surface area contributed by atoms with E-state index in [9.17, 15) is 22.8 Å². The van der Waals surface area contributed by atoms with E-state index in [1.165, 1.54) is 35.4 Å². The average molecular weight is 366 g/mol. The Balaban J connectivity index is 2.03. The minimum Gasteiger partial charge on any atom is -0.465 e. The fourth-order valence-corrected chi connectivity index (χ4v) is 2.19. The van der Waals surface area contributed by atoms with Gasteiger partial charge in [-0.15, -0.1) is 0 Å². The molecule has 0 unspecified atom stereocenters. The van der Waals surface area contributed by atoms with E-state index in [2.05, 4.69) is 5.32 Å². The largest absolute Gasteiger partial charge is 0.465 e. The van der Waals surface area contributed by atoms with Crippen molar-refractivity contribution in [2.45, 2.75) is 13.1 Å². The highest BCUT2D eigenvalue weighted by molar-refractivity contribution is 5.98. The van der Waals surface area contributed by atoms with Crippen molar-refractivity contribution >= 4 is 23.6 Å². The summed E-state index contributed by atoms with van der Waals surface area (Å²) in [6, 6.07) is 7.98. The highest BCUT2D eigenvalue weighted by atomic mass is 19.4. The Hall–Kier alpha value is -3.03. The summed E-state index contributed by atoms with van der Waals surface area (Å²) in [5.41, 5.74) is -1.29. The number of carbonyl (C=O) groups is 2. The van der Waals surface area contributed by atoms with Crippen LogP contribution in [0.2, 0.25) is 0 Å². The summed E-state index contributed by atoms with van der Waals surface area (Å²) in [5.74, 6) is -0.704. The maximum absolute atomic E-state index is 13.0. The Kier molecular flexibility index (Phi) is 6.21. The van der Waals surface area contributed by atoms with Gasteiger partial charge in [-0.25, -0.2) is 0 Å². The van der Waals surface area contributed by atoms with Gasteiger partial charge in [-0.2, -0.15) is 13.2 Å². The first-order valence-electron chi connectivity index (χ1n) is 7.78. The molecule has 0 saturated carbocycles. The van der Waals surface area contributed by atoms with E-state index in [0.29, 0.717) is 5.76 Å². The van der Waals surface area contributed by atoms with Crippen LogP contribution in [0.3, 0.4) is 0 Å². The lowest BCUT2D eigenvalue weighted by molar-refractivity contribution is -0.137. The number of anilines is 1. The van der Waals surface area contributed by atoms with Crippen LogP contribution in [-0.2, 0) is 15.8 Å². The van der Waals surface area contributed by atoms with Gasteiger partial charge in [0, 0.05) is 12.6 Å². The van der Waals surface area contributed by atoms with Crippen molar-refractivity contribution in [2.75, 3.05) is 18.4 Å². The summed E-state index contributed by atoms with van der Waals surface area (Å²) in [6.07, 6.45) is -0.454. The van der Waals surface area contributed by atoms with E-state index in [1.807, 2.05) is 0 Å². The van der Waals surface area contributed by atoms with Crippen LogP contribution in [0.1, 0.15) is 18.2 Å². The van der Waals surface area contributed by atoms with E-state index in [0.717, 1.165) is 12.1 Å². The molecule has 1 aromatic carbocycles. The molecule has 1 aromatic heterocycles. The predicted molar refractivity (Wildman–Crippen MR) is 90.1 cm³/mol. The Bertz CT molecular complexity index is 783. The first-order chi connectivity index (χ1) is 12.3. The van der Waals surface area contributed by atoms with Crippen LogP contribution in [0, 0.1) is 0 Å². The Morgan fingerprint density at radius 3 is 2.54 bits per heavy atom. The second kappa shape index (κ2) is 8.37. The average Bonchev–Trinajstić information content (AvgIpc) is 3.10. The van der Waals surface area contributed by atoms with Gasteiger partial charge in [-0.3, -0.25) is 9.59 Å². The third-order valence-electron chi connectivity index (χ3n) is 3.47. The van der Waals surface area contributed by atoms with Crippen LogP contribution >= 0.6 is 0 Å². The van der Waals surface area contributed by atoms with Crippen molar-refractivity contribution in [3.63, 3.8) is 0 Å². The summed E-state index contributed by atoms with van der Waals surface area (Å²) >= 11 is 0. The number of rotatable bonds is 6. The molecule has 1 heterocycles. The van der Waals surface area contributed by atoms with Crippen molar-refractivity contribution < 1.29 is 27.2 Å². The molecule has 2 rings (SSSR count). The number of para-hydroxylation sites is 1. The van der Waals surface area contributed by atoms with E-state index >= 15 is 0 Å². The molecule has 0 atom stereocenters. The minimum atomic E-state index is -4.59. The molecule has 5 nitrogen and oxygen atoms in total. The third-order valence-corrected chi connectivity index (χ3v) is 3.47. The van der Waals surface area contributed by atoms with Gasteiger partial charge in [0.15, 0.2) is 0 Å². The molecular weight excluding hydrogens is 349 g/mol. The Morgan fingerprint density at radius 2 is 1.92 bits per heavy atom. The molecule has 1 N–H and O–H groups in total.